The van der Waals surface area contributed by atoms with Crippen molar-refractivity contribution in [3.8, 4) is 11.5 Å². The van der Waals surface area contributed by atoms with Crippen molar-refractivity contribution in [1.29, 1.82) is 0 Å². The molecule has 1 heterocycles. The number of hydrogen-bond donors (Lipinski definition) is 1. The maximum absolute atomic E-state index is 13.2. The summed E-state index contributed by atoms with van der Waals surface area (Å²) < 4.78 is 24.7. The fourth-order valence-electron chi connectivity index (χ4n) is 1.95. The molecule has 19 heavy (non-hydrogen) atoms. The van der Waals surface area contributed by atoms with E-state index in [4.69, 9.17) is 9.47 Å². The summed E-state index contributed by atoms with van der Waals surface area (Å²) in [6.07, 6.45) is 0. The van der Waals surface area contributed by atoms with Crippen LogP contribution < -0.4 is 14.8 Å². The van der Waals surface area contributed by atoms with Crippen LogP contribution in [0.25, 0.3) is 0 Å². The summed E-state index contributed by atoms with van der Waals surface area (Å²) in [5, 5.41) is 3.18. The number of hydrogen-bond acceptors (Lipinski definition) is 3. The standard InChI is InChI=1S/C14H11BrFNO2/c15-11-5-4-10(16)6-12(11)17-7-9-2-1-3-13-14(9)19-8-18-13/h1-6,17H,7-8H2. The summed E-state index contributed by atoms with van der Waals surface area (Å²) in [6, 6.07) is 10.3. The van der Waals surface area contributed by atoms with Crippen molar-refractivity contribution in [3.63, 3.8) is 0 Å². The van der Waals surface area contributed by atoms with Gasteiger partial charge in [0.15, 0.2) is 11.5 Å². The van der Waals surface area contributed by atoms with Crippen molar-refractivity contribution in [3.05, 3.63) is 52.3 Å². The Labute approximate surface area is 118 Å². The molecule has 5 heteroatoms. The Morgan fingerprint density at radius 1 is 1.21 bits per heavy atom. The lowest BCUT2D eigenvalue weighted by Gasteiger charge is -2.10. The van der Waals surface area contributed by atoms with Gasteiger partial charge in [-0.05, 0) is 40.2 Å². The van der Waals surface area contributed by atoms with E-state index in [0.29, 0.717) is 12.2 Å². The predicted octanol–water partition coefficient (Wildman–Crippen LogP) is 3.93. The molecular weight excluding hydrogens is 313 g/mol. The fraction of sp³-hybridized carbons (Fsp3) is 0.143. The molecule has 0 atom stereocenters. The monoisotopic (exact) mass is 323 g/mol. The van der Waals surface area contributed by atoms with E-state index in [9.17, 15) is 4.39 Å². The summed E-state index contributed by atoms with van der Waals surface area (Å²) in [7, 11) is 0. The van der Waals surface area contributed by atoms with Crippen molar-refractivity contribution in [2.45, 2.75) is 6.54 Å². The number of halogens is 2. The van der Waals surface area contributed by atoms with E-state index < -0.39 is 0 Å². The Kier molecular flexibility index (Phi) is 3.29. The van der Waals surface area contributed by atoms with Crippen LogP contribution in [-0.2, 0) is 6.54 Å². The van der Waals surface area contributed by atoms with Crippen molar-refractivity contribution in [1.82, 2.24) is 0 Å². The minimum absolute atomic E-state index is 0.246. The van der Waals surface area contributed by atoms with Crippen LogP contribution in [0.15, 0.2) is 40.9 Å². The molecule has 0 amide bonds. The first kappa shape index (κ1) is 12.3. The van der Waals surface area contributed by atoms with Gasteiger partial charge in [0.05, 0.1) is 5.69 Å². The third kappa shape index (κ3) is 2.51. The van der Waals surface area contributed by atoms with Gasteiger partial charge in [0, 0.05) is 16.6 Å². The Morgan fingerprint density at radius 3 is 3.00 bits per heavy atom. The van der Waals surface area contributed by atoms with E-state index in [-0.39, 0.29) is 12.6 Å². The van der Waals surface area contributed by atoms with Gasteiger partial charge in [-0.2, -0.15) is 0 Å². The van der Waals surface area contributed by atoms with E-state index in [2.05, 4.69) is 21.2 Å². The highest BCUT2D eigenvalue weighted by Gasteiger charge is 2.16. The normalized spacial score (nSPS) is 12.5. The number of fused-ring (bicyclic) bond motifs is 1. The zero-order chi connectivity index (χ0) is 13.2. The van der Waals surface area contributed by atoms with Crippen LogP contribution in [0.5, 0.6) is 11.5 Å². The average molecular weight is 324 g/mol. The number of rotatable bonds is 3. The molecule has 0 spiro atoms. The van der Waals surface area contributed by atoms with Gasteiger partial charge in [-0.25, -0.2) is 4.39 Å². The molecule has 2 aromatic rings. The first-order valence-corrected chi connectivity index (χ1v) is 6.60. The van der Waals surface area contributed by atoms with Gasteiger partial charge < -0.3 is 14.8 Å². The molecular formula is C14H11BrFNO2. The molecule has 98 valence electrons. The molecule has 1 aliphatic heterocycles. The van der Waals surface area contributed by atoms with Crippen molar-refractivity contribution in [2.75, 3.05) is 12.1 Å². The van der Waals surface area contributed by atoms with E-state index >= 15 is 0 Å². The zero-order valence-electron chi connectivity index (χ0n) is 9.95. The number of anilines is 1. The molecule has 1 aliphatic rings. The molecule has 0 bridgehead atoms. The van der Waals surface area contributed by atoms with E-state index in [0.717, 1.165) is 21.5 Å². The third-order valence-corrected chi connectivity index (χ3v) is 3.57. The zero-order valence-corrected chi connectivity index (χ0v) is 11.5. The number of nitrogens with one attached hydrogen (secondary N) is 1. The van der Waals surface area contributed by atoms with E-state index in [1.165, 1.54) is 12.1 Å². The van der Waals surface area contributed by atoms with Gasteiger partial charge in [0.2, 0.25) is 6.79 Å². The smallest absolute Gasteiger partial charge is 0.231 e. The first-order chi connectivity index (χ1) is 9.24. The van der Waals surface area contributed by atoms with Gasteiger partial charge in [-0.15, -0.1) is 0 Å². The fourth-order valence-corrected chi connectivity index (χ4v) is 2.34. The second-order valence-electron chi connectivity index (χ2n) is 4.13. The van der Waals surface area contributed by atoms with Gasteiger partial charge in [-0.1, -0.05) is 12.1 Å². The lowest BCUT2D eigenvalue weighted by molar-refractivity contribution is 0.173. The number of benzene rings is 2. The largest absolute Gasteiger partial charge is 0.454 e. The maximum atomic E-state index is 13.2. The molecule has 0 aliphatic carbocycles. The quantitative estimate of drug-likeness (QED) is 0.928. The Bertz CT molecular complexity index is 618. The van der Waals surface area contributed by atoms with Crippen LogP contribution in [0, 0.1) is 5.82 Å². The first-order valence-electron chi connectivity index (χ1n) is 5.80. The second-order valence-corrected chi connectivity index (χ2v) is 4.98. The number of ether oxygens (including phenoxy) is 2. The summed E-state index contributed by atoms with van der Waals surface area (Å²) in [4.78, 5) is 0. The van der Waals surface area contributed by atoms with Gasteiger partial charge in [0.25, 0.3) is 0 Å². The molecule has 0 saturated heterocycles. The van der Waals surface area contributed by atoms with E-state index in [1.54, 1.807) is 6.07 Å². The molecule has 0 unspecified atom stereocenters. The summed E-state index contributed by atoms with van der Waals surface area (Å²) >= 11 is 3.38. The van der Waals surface area contributed by atoms with Gasteiger partial charge in [0.1, 0.15) is 5.82 Å². The van der Waals surface area contributed by atoms with Crippen molar-refractivity contribution in [2.24, 2.45) is 0 Å². The van der Waals surface area contributed by atoms with Crippen molar-refractivity contribution >= 4 is 21.6 Å². The summed E-state index contributed by atoms with van der Waals surface area (Å²) in [5.41, 5.74) is 1.68. The van der Waals surface area contributed by atoms with Crippen LogP contribution in [0.3, 0.4) is 0 Å². The Hall–Kier alpha value is -1.75. The Morgan fingerprint density at radius 2 is 2.11 bits per heavy atom. The molecule has 0 fully saturated rings. The van der Waals surface area contributed by atoms with Gasteiger partial charge >= 0.3 is 0 Å². The van der Waals surface area contributed by atoms with Gasteiger partial charge in [-0.3, -0.25) is 0 Å². The minimum Gasteiger partial charge on any atom is -0.454 e. The molecule has 3 rings (SSSR count). The molecule has 0 saturated carbocycles. The van der Waals surface area contributed by atoms with Crippen LogP contribution in [0.4, 0.5) is 10.1 Å². The minimum atomic E-state index is -0.274. The third-order valence-electron chi connectivity index (χ3n) is 2.88. The highest BCUT2D eigenvalue weighted by molar-refractivity contribution is 9.10. The highest BCUT2D eigenvalue weighted by Crippen LogP contribution is 2.36. The van der Waals surface area contributed by atoms with Crippen LogP contribution >= 0.6 is 15.9 Å². The highest BCUT2D eigenvalue weighted by atomic mass is 79.9. The molecule has 0 aromatic heterocycles. The predicted molar refractivity (Wildman–Crippen MR) is 74.0 cm³/mol. The number of para-hydroxylation sites is 1. The van der Waals surface area contributed by atoms with Crippen LogP contribution in [0.2, 0.25) is 0 Å². The van der Waals surface area contributed by atoms with Crippen molar-refractivity contribution < 1.29 is 13.9 Å². The SMILES string of the molecule is Fc1ccc(Br)c(NCc2cccc3c2OCO3)c1. The maximum Gasteiger partial charge on any atom is 0.231 e. The van der Waals surface area contributed by atoms with Crippen LogP contribution in [0.1, 0.15) is 5.56 Å². The summed E-state index contributed by atoms with van der Waals surface area (Å²) in [5.74, 6) is 1.23. The molecule has 0 radical (unpaired) electrons. The van der Waals surface area contributed by atoms with E-state index in [1.807, 2.05) is 18.2 Å². The topological polar surface area (TPSA) is 30.5 Å². The molecule has 1 N–H and O–H groups in total. The molecule has 2 aromatic carbocycles. The average Bonchev–Trinajstić information content (AvgIpc) is 2.88. The lowest BCUT2D eigenvalue weighted by Crippen LogP contribution is -2.02. The second kappa shape index (κ2) is 5.09. The molecule has 3 nitrogen and oxygen atoms in total. The summed E-state index contributed by atoms with van der Waals surface area (Å²) in [6.45, 7) is 0.782. The lowest BCUT2D eigenvalue weighted by atomic mass is 10.2. The Balaban J connectivity index is 1.80. The van der Waals surface area contributed by atoms with Crippen LogP contribution in [-0.4, -0.2) is 6.79 Å².